The largest absolute Gasteiger partial charge is 0.309 e. The molecular formula is C14H25N5. The minimum absolute atomic E-state index is 0.390. The van der Waals surface area contributed by atoms with E-state index in [2.05, 4.69) is 34.1 Å². The van der Waals surface area contributed by atoms with Gasteiger partial charge >= 0.3 is 0 Å². The zero-order valence-electron chi connectivity index (χ0n) is 12.1. The lowest BCUT2D eigenvalue weighted by Crippen LogP contribution is -2.58. The lowest BCUT2D eigenvalue weighted by molar-refractivity contribution is 0.124. The van der Waals surface area contributed by atoms with Crippen LogP contribution in [0.25, 0.3) is 0 Å². The second-order valence-corrected chi connectivity index (χ2v) is 6.34. The molecule has 5 nitrogen and oxygen atoms in total. The van der Waals surface area contributed by atoms with E-state index in [9.17, 15) is 0 Å². The van der Waals surface area contributed by atoms with Crippen molar-refractivity contribution < 1.29 is 0 Å². The van der Waals surface area contributed by atoms with Crippen molar-refractivity contribution in [3.63, 3.8) is 0 Å². The van der Waals surface area contributed by atoms with Crippen LogP contribution in [0.4, 0.5) is 0 Å². The Labute approximate surface area is 115 Å². The highest BCUT2D eigenvalue weighted by atomic mass is 15.4. The number of hydrogen-bond donors (Lipinski definition) is 1. The second-order valence-electron chi connectivity index (χ2n) is 6.34. The van der Waals surface area contributed by atoms with Gasteiger partial charge in [-0.05, 0) is 26.7 Å². The summed E-state index contributed by atoms with van der Waals surface area (Å²) in [5.41, 5.74) is 0.390. The summed E-state index contributed by atoms with van der Waals surface area (Å²) in [6.45, 7) is 8.64. The van der Waals surface area contributed by atoms with Crippen LogP contribution in [0.5, 0.6) is 0 Å². The maximum atomic E-state index is 4.44. The number of piperazine rings is 1. The molecule has 2 heterocycles. The molecule has 1 spiro atoms. The van der Waals surface area contributed by atoms with Gasteiger partial charge in [0.15, 0.2) is 0 Å². The molecule has 106 valence electrons. The van der Waals surface area contributed by atoms with Crippen LogP contribution in [-0.2, 0) is 6.54 Å². The Hall–Kier alpha value is -0.940. The number of hydrogen-bond acceptors (Lipinski definition) is 4. The molecule has 5 heteroatoms. The number of aromatic nitrogens is 3. The van der Waals surface area contributed by atoms with Gasteiger partial charge in [0.1, 0.15) is 12.2 Å². The predicted octanol–water partition coefficient (Wildman–Crippen LogP) is 1.58. The molecule has 1 saturated heterocycles. The van der Waals surface area contributed by atoms with Gasteiger partial charge in [0, 0.05) is 31.2 Å². The van der Waals surface area contributed by atoms with Crippen molar-refractivity contribution in [2.24, 2.45) is 0 Å². The molecule has 0 radical (unpaired) electrons. The molecule has 0 atom stereocenters. The molecule has 2 aliphatic rings. The van der Waals surface area contributed by atoms with E-state index in [1.54, 1.807) is 6.33 Å². The molecule has 0 aromatic carbocycles. The van der Waals surface area contributed by atoms with Crippen LogP contribution in [0.15, 0.2) is 6.33 Å². The van der Waals surface area contributed by atoms with Gasteiger partial charge in [-0.25, -0.2) is 9.67 Å². The average Bonchev–Trinajstić information content (AvgIpc) is 2.99. The predicted molar refractivity (Wildman–Crippen MR) is 74.9 cm³/mol. The summed E-state index contributed by atoms with van der Waals surface area (Å²) in [6, 6.07) is 0.390. The van der Waals surface area contributed by atoms with E-state index >= 15 is 0 Å². The standard InChI is InChI=1S/C14H25N5/c1-12(2)19-13(15-11-17-19)9-18-8-7-16-14(10-18)5-3-4-6-14/h11-12,16H,3-10H2,1-2H3. The normalized spacial score (nSPS) is 23.5. The maximum absolute atomic E-state index is 4.44. The third kappa shape index (κ3) is 2.67. The quantitative estimate of drug-likeness (QED) is 0.899. The first-order chi connectivity index (χ1) is 9.19. The van der Waals surface area contributed by atoms with E-state index in [1.807, 2.05) is 4.68 Å². The van der Waals surface area contributed by atoms with Crippen LogP contribution < -0.4 is 5.32 Å². The van der Waals surface area contributed by atoms with Crippen LogP contribution in [-0.4, -0.2) is 44.8 Å². The van der Waals surface area contributed by atoms with Crippen molar-refractivity contribution in [3.8, 4) is 0 Å². The molecule has 1 aromatic heterocycles. The Morgan fingerprint density at radius 3 is 2.89 bits per heavy atom. The molecule has 1 N–H and O–H groups in total. The zero-order valence-corrected chi connectivity index (χ0v) is 12.1. The van der Waals surface area contributed by atoms with Gasteiger partial charge in [-0.1, -0.05) is 12.8 Å². The van der Waals surface area contributed by atoms with E-state index in [-0.39, 0.29) is 0 Å². The Kier molecular flexibility index (Phi) is 3.58. The summed E-state index contributed by atoms with van der Waals surface area (Å²) in [4.78, 5) is 6.98. The average molecular weight is 263 g/mol. The molecule has 0 unspecified atom stereocenters. The summed E-state index contributed by atoms with van der Waals surface area (Å²) >= 11 is 0. The molecule has 3 rings (SSSR count). The summed E-state index contributed by atoms with van der Waals surface area (Å²) in [7, 11) is 0. The smallest absolute Gasteiger partial charge is 0.141 e. The van der Waals surface area contributed by atoms with Gasteiger partial charge in [0.05, 0.1) is 6.54 Å². The fraction of sp³-hybridized carbons (Fsp3) is 0.857. The number of nitrogens with zero attached hydrogens (tertiary/aromatic N) is 4. The van der Waals surface area contributed by atoms with Crippen LogP contribution in [0.2, 0.25) is 0 Å². The Balaban J connectivity index is 1.67. The van der Waals surface area contributed by atoms with E-state index in [1.165, 1.54) is 25.7 Å². The summed E-state index contributed by atoms with van der Waals surface area (Å²) < 4.78 is 2.04. The maximum Gasteiger partial charge on any atom is 0.141 e. The topological polar surface area (TPSA) is 46.0 Å². The first-order valence-corrected chi connectivity index (χ1v) is 7.54. The van der Waals surface area contributed by atoms with Crippen molar-refractivity contribution >= 4 is 0 Å². The second kappa shape index (κ2) is 5.21. The Morgan fingerprint density at radius 2 is 2.16 bits per heavy atom. The lowest BCUT2D eigenvalue weighted by atomic mass is 9.94. The highest BCUT2D eigenvalue weighted by molar-refractivity contribution is 4.99. The fourth-order valence-electron chi connectivity index (χ4n) is 3.58. The third-order valence-corrected chi connectivity index (χ3v) is 4.52. The van der Waals surface area contributed by atoms with Crippen LogP contribution in [0.1, 0.15) is 51.4 Å². The van der Waals surface area contributed by atoms with Crippen LogP contribution in [0, 0.1) is 0 Å². The van der Waals surface area contributed by atoms with Crippen molar-refractivity contribution in [3.05, 3.63) is 12.2 Å². The Morgan fingerprint density at radius 1 is 1.37 bits per heavy atom. The molecule has 19 heavy (non-hydrogen) atoms. The summed E-state index contributed by atoms with van der Waals surface area (Å²) in [6.07, 6.45) is 7.11. The van der Waals surface area contributed by atoms with Gasteiger partial charge in [-0.3, -0.25) is 4.90 Å². The van der Waals surface area contributed by atoms with Crippen molar-refractivity contribution in [2.45, 2.75) is 57.7 Å². The molecular weight excluding hydrogens is 238 g/mol. The van der Waals surface area contributed by atoms with E-state index < -0.39 is 0 Å². The third-order valence-electron chi connectivity index (χ3n) is 4.52. The molecule has 1 aromatic rings. The fourth-order valence-corrected chi connectivity index (χ4v) is 3.58. The first-order valence-electron chi connectivity index (χ1n) is 7.54. The van der Waals surface area contributed by atoms with Crippen LogP contribution >= 0.6 is 0 Å². The SMILES string of the molecule is CC(C)n1ncnc1CN1CCNC2(CCCC2)C1. The molecule has 0 bridgehead atoms. The monoisotopic (exact) mass is 263 g/mol. The minimum atomic E-state index is 0.390. The van der Waals surface area contributed by atoms with Gasteiger partial charge < -0.3 is 5.32 Å². The van der Waals surface area contributed by atoms with Gasteiger partial charge in [-0.15, -0.1) is 0 Å². The van der Waals surface area contributed by atoms with Gasteiger partial charge in [-0.2, -0.15) is 5.10 Å². The minimum Gasteiger partial charge on any atom is -0.309 e. The Bertz CT molecular complexity index is 419. The van der Waals surface area contributed by atoms with Crippen molar-refractivity contribution in [1.82, 2.24) is 25.0 Å². The highest BCUT2D eigenvalue weighted by Crippen LogP contribution is 2.32. The van der Waals surface area contributed by atoms with Gasteiger partial charge in [0.2, 0.25) is 0 Å². The molecule has 1 aliphatic heterocycles. The molecule has 1 saturated carbocycles. The van der Waals surface area contributed by atoms with E-state index in [0.717, 1.165) is 32.0 Å². The van der Waals surface area contributed by atoms with E-state index in [0.29, 0.717) is 11.6 Å². The van der Waals surface area contributed by atoms with E-state index in [4.69, 9.17) is 0 Å². The molecule has 0 amide bonds. The number of nitrogens with one attached hydrogen (secondary N) is 1. The highest BCUT2D eigenvalue weighted by Gasteiger charge is 2.37. The first kappa shape index (κ1) is 13.1. The molecule has 1 aliphatic carbocycles. The number of rotatable bonds is 3. The van der Waals surface area contributed by atoms with Crippen molar-refractivity contribution in [1.29, 1.82) is 0 Å². The molecule has 2 fully saturated rings. The summed E-state index contributed by atoms with van der Waals surface area (Å²) in [5.74, 6) is 1.10. The van der Waals surface area contributed by atoms with Crippen molar-refractivity contribution in [2.75, 3.05) is 19.6 Å². The zero-order chi connectivity index (χ0) is 13.3. The summed E-state index contributed by atoms with van der Waals surface area (Å²) in [5, 5.41) is 8.09. The van der Waals surface area contributed by atoms with Crippen LogP contribution in [0.3, 0.4) is 0 Å². The lowest BCUT2D eigenvalue weighted by Gasteiger charge is -2.41. The van der Waals surface area contributed by atoms with Gasteiger partial charge in [0.25, 0.3) is 0 Å².